The quantitative estimate of drug-likeness (QED) is 0.739. The van der Waals surface area contributed by atoms with E-state index in [1.165, 1.54) is 12.1 Å². The SMILES string of the molecule is CC(C(=O)Nc1cccc(F)c1)N1CCN(C(=O)C2COCCN2)CC1.Cl.Cl. The largest absolute Gasteiger partial charge is 0.378 e. The number of amides is 2. The molecule has 0 aromatic heterocycles. The van der Waals surface area contributed by atoms with Crippen LogP contribution in [0, 0.1) is 5.82 Å². The van der Waals surface area contributed by atoms with E-state index in [0.29, 0.717) is 51.6 Å². The molecular formula is C18H27Cl2FN4O3. The minimum absolute atomic E-state index is 0. The van der Waals surface area contributed by atoms with E-state index < -0.39 is 0 Å². The summed E-state index contributed by atoms with van der Waals surface area (Å²) in [6.07, 6.45) is 0. The van der Waals surface area contributed by atoms with Crippen molar-refractivity contribution in [1.82, 2.24) is 15.1 Å². The van der Waals surface area contributed by atoms with Crippen molar-refractivity contribution in [2.45, 2.75) is 19.0 Å². The maximum Gasteiger partial charge on any atom is 0.242 e. The van der Waals surface area contributed by atoms with Crippen LogP contribution in [0.1, 0.15) is 6.92 Å². The van der Waals surface area contributed by atoms with Crippen molar-refractivity contribution in [2.24, 2.45) is 0 Å². The molecular weight excluding hydrogens is 410 g/mol. The zero-order valence-electron chi connectivity index (χ0n) is 15.7. The molecule has 158 valence electrons. The normalized spacial score (nSPS) is 21.1. The Morgan fingerprint density at radius 2 is 1.96 bits per heavy atom. The molecule has 2 amide bonds. The Kier molecular flexibility index (Phi) is 10.1. The van der Waals surface area contributed by atoms with Gasteiger partial charge in [0.1, 0.15) is 11.9 Å². The van der Waals surface area contributed by atoms with Crippen molar-refractivity contribution in [2.75, 3.05) is 51.3 Å². The third kappa shape index (κ3) is 6.28. The van der Waals surface area contributed by atoms with Crippen molar-refractivity contribution >= 4 is 42.3 Å². The van der Waals surface area contributed by atoms with Crippen molar-refractivity contribution in [3.63, 3.8) is 0 Å². The second-order valence-electron chi connectivity index (χ2n) is 6.62. The van der Waals surface area contributed by atoms with Crippen LogP contribution in [0.15, 0.2) is 24.3 Å². The molecule has 2 fully saturated rings. The minimum atomic E-state index is -0.386. The van der Waals surface area contributed by atoms with Crippen molar-refractivity contribution < 1.29 is 18.7 Å². The molecule has 1 aromatic rings. The molecule has 2 aliphatic rings. The van der Waals surface area contributed by atoms with Crippen LogP contribution < -0.4 is 10.6 Å². The lowest BCUT2D eigenvalue weighted by Crippen LogP contribution is -2.59. The molecule has 0 saturated carbocycles. The Hall–Kier alpha value is -1.45. The van der Waals surface area contributed by atoms with E-state index in [1.54, 1.807) is 12.1 Å². The van der Waals surface area contributed by atoms with Gasteiger partial charge in [0, 0.05) is 38.4 Å². The summed E-state index contributed by atoms with van der Waals surface area (Å²) in [4.78, 5) is 28.7. The van der Waals surface area contributed by atoms with Gasteiger partial charge in [-0.15, -0.1) is 24.8 Å². The van der Waals surface area contributed by atoms with Crippen LogP contribution in [0.25, 0.3) is 0 Å². The van der Waals surface area contributed by atoms with Gasteiger partial charge in [0.05, 0.1) is 19.3 Å². The zero-order chi connectivity index (χ0) is 18.5. The van der Waals surface area contributed by atoms with Gasteiger partial charge in [0.2, 0.25) is 11.8 Å². The summed E-state index contributed by atoms with van der Waals surface area (Å²) in [7, 11) is 0. The highest BCUT2D eigenvalue weighted by atomic mass is 35.5. The van der Waals surface area contributed by atoms with Gasteiger partial charge in [-0.3, -0.25) is 14.5 Å². The number of hydrogen-bond acceptors (Lipinski definition) is 5. The Morgan fingerprint density at radius 3 is 2.57 bits per heavy atom. The number of nitrogens with zero attached hydrogens (tertiary/aromatic N) is 2. The maximum absolute atomic E-state index is 13.2. The van der Waals surface area contributed by atoms with Gasteiger partial charge in [-0.25, -0.2) is 4.39 Å². The molecule has 7 nitrogen and oxygen atoms in total. The fourth-order valence-corrected chi connectivity index (χ4v) is 3.25. The first kappa shape index (κ1) is 24.6. The van der Waals surface area contributed by atoms with E-state index in [0.717, 1.165) is 0 Å². The van der Waals surface area contributed by atoms with E-state index in [9.17, 15) is 14.0 Å². The van der Waals surface area contributed by atoms with E-state index in [2.05, 4.69) is 10.6 Å². The second-order valence-corrected chi connectivity index (χ2v) is 6.62. The van der Waals surface area contributed by atoms with Crippen molar-refractivity contribution in [3.8, 4) is 0 Å². The number of carbonyl (C=O) groups excluding carboxylic acids is 2. The first-order valence-electron chi connectivity index (χ1n) is 8.95. The number of piperazine rings is 1. The van der Waals surface area contributed by atoms with Gasteiger partial charge in [0.25, 0.3) is 0 Å². The first-order valence-corrected chi connectivity index (χ1v) is 8.95. The molecule has 0 aliphatic carbocycles. The Morgan fingerprint density at radius 1 is 1.25 bits per heavy atom. The average molecular weight is 437 g/mol. The van der Waals surface area contributed by atoms with Crippen LogP contribution >= 0.6 is 24.8 Å². The maximum atomic E-state index is 13.2. The lowest BCUT2D eigenvalue weighted by Gasteiger charge is -2.39. The molecule has 10 heteroatoms. The fraction of sp³-hybridized carbons (Fsp3) is 0.556. The molecule has 2 N–H and O–H groups in total. The summed E-state index contributed by atoms with van der Waals surface area (Å²) in [6, 6.07) is 5.21. The molecule has 1 aromatic carbocycles. The van der Waals surface area contributed by atoms with Crippen LogP contribution in [-0.4, -0.2) is 79.6 Å². The third-order valence-corrected chi connectivity index (χ3v) is 4.87. The molecule has 0 radical (unpaired) electrons. The van der Waals surface area contributed by atoms with Crippen LogP contribution in [0.5, 0.6) is 0 Å². The van der Waals surface area contributed by atoms with Crippen molar-refractivity contribution in [3.05, 3.63) is 30.1 Å². The van der Waals surface area contributed by atoms with E-state index in [-0.39, 0.29) is 54.5 Å². The highest BCUT2D eigenvalue weighted by Gasteiger charge is 2.31. The molecule has 2 unspecified atom stereocenters. The minimum Gasteiger partial charge on any atom is -0.378 e. The first-order chi connectivity index (χ1) is 12.5. The number of halogens is 3. The number of ether oxygens (including phenoxy) is 1. The number of morpholine rings is 1. The summed E-state index contributed by atoms with van der Waals surface area (Å²) in [5.74, 6) is -0.512. The zero-order valence-corrected chi connectivity index (χ0v) is 17.4. The highest BCUT2D eigenvalue weighted by Crippen LogP contribution is 2.13. The summed E-state index contributed by atoms with van der Waals surface area (Å²) in [6.45, 7) is 5.95. The van der Waals surface area contributed by atoms with Gasteiger partial charge >= 0.3 is 0 Å². The predicted molar refractivity (Wildman–Crippen MR) is 110 cm³/mol. The number of rotatable bonds is 4. The molecule has 28 heavy (non-hydrogen) atoms. The van der Waals surface area contributed by atoms with Crippen LogP contribution in [0.3, 0.4) is 0 Å². The standard InChI is InChI=1S/C18H25FN4O3.2ClH/c1-13(17(24)21-15-4-2-3-14(19)11-15)22-6-8-23(9-7-22)18(25)16-12-26-10-5-20-16;;/h2-4,11,13,16,20H,5-10,12H2,1H3,(H,21,24);2*1H. The Labute approximate surface area is 176 Å². The van der Waals surface area contributed by atoms with E-state index >= 15 is 0 Å². The van der Waals surface area contributed by atoms with E-state index in [1.807, 2.05) is 16.7 Å². The molecule has 0 spiro atoms. The molecule has 2 aliphatic heterocycles. The number of anilines is 1. The predicted octanol–water partition coefficient (Wildman–Crippen LogP) is 1.13. The number of benzene rings is 1. The van der Waals surface area contributed by atoms with Gasteiger partial charge in [-0.05, 0) is 25.1 Å². The Bertz CT molecular complexity index is 653. The summed E-state index contributed by atoms with van der Waals surface area (Å²) >= 11 is 0. The Balaban J connectivity index is 0.00000196. The lowest BCUT2D eigenvalue weighted by atomic mass is 10.1. The second kappa shape index (κ2) is 11.5. The molecule has 0 bridgehead atoms. The highest BCUT2D eigenvalue weighted by molar-refractivity contribution is 5.94. The van der Waals surface area contributed by atoms with Crippen LogP contribution in [0.4, 0.5) is 10.1 Å². The van der Waals surface area contributed by atoms with Crippen molar-refractivity contribution in [1.29, 1.82) is 0 Å². The third-order valence-electron chi connectivity index (χ3n) is 4.87. The fourth-order valence-electron chi connectivity index (χ4n) is 3.25. The van der Waals surface area contributed by atoms with Gasteiger partial charge in [-0.2, -0.15) is 0 Å². The van der Waals surface area contributed by atoms with Crippen LogP contribution in [-0.2, 0) is 14.3 Å². The lowest BCUT2D eigenvalue weighted by molar-refractivity contribution is -0.138. The van der Waals surface area contributed by atoms with E-state index in [4.69, 9.17) is 4.74 Å². The molecule has 2 heterocycles. The summed E-state index contributed by atoms with van der Waals surface area (Å²) < 4.78 is 18.6. The molecule has 3 rings (SSSR count). The molecule has 2 saturated heterocycles. The van der Waals surface area contributed by atoms with Crippen LogP contribution in [0.2, 0.25) is 0 Å². The average Bonchev–Trinajstić information content (AvgIpc) is 2.67. The van der Waals surface area contributed by atoms with Gasteiger partial charge in [-0.1, -0.05) is 6.07 Å². The van der Waals surface area contributed by atoms with Gasteiger partial charge < -0.3 is 20.3 Å². The smallest absolute Gasteiger partial charge is 0.242 e. The van der Waals surface area contributed by atoms with Gasteiger partial charge in [0.15, 0.2) is 0 Å². The topological polar surface area (TPSA) is 73.9 Å². The summed E-state index contributed by atoms with van der Waals surface area (Å²) in [5.41, 5.74) is 0.444. The number of hydrogen-bond donors (Lipinski definition) is 2. The number of carbonyl (C=O) groups is 2. The monoisotopic (exact) mass is 436 g/mol. The summed E-state index contributed by atoms with van der Waals surface area (Å²) in [5, 5.41) is 5.91. The number of nitrogens with one attached hydrogen (secondary N) is 2. The molecule has 2 atom stereocenters.